The fourth-order valence-corrected chi connectivity index (χ4v) is 0.345. The van der Waals surface area contributed by atoms with Crippen molar-refractivity contribution in [1.82, 2.24) is 0 Å². The van der Waals surface area contributed by atoms with Gasteiger partial charge >= 0.3 is 0 Å². The number of methoxy groups -OCH3 is 2. The highest BCUT2D eigenvalue weighted by molar-refractivity contribution is 5.04. The second kappa shape index (κ2) is 5.15. The van der Waals surface area contributed by atoms with Crippen LogP contribution >= 0.6 is 0 Å². The van der Waals surface area contributed by atoms with E-state index in [1.54, 1.807) is 5.92 Å². The third-order valence-corrected chi connectivity index (χ3v) is 0.738. The van der Waals surface area contributed by atoms with Gasteiger partial charge in [0.05, 0.1) is 0 Å². The summed E-state index contributed by atoms with van der Waals surface area (Å²) < 4.78 is 31.8. The van der Waals surface area contributed by atoms with Crippen molar-refractivity contribution in [2.24, 2.45) is 0 Å². The molecule has 0 bridgehead atoms. The minimum Gasteiger partial charge on any atom is -0.345 e. The van der Waals surface area contributed by atoms with Crippen LogP contribution in [0.1, 0.15) is 0 Å². The van der Waals surface area contributed by atoms with Crippen LogP contribution in [0.2, 0.25) is 0 Å². The van der Waals surface area contributed by atoms with Crippen molar-refractivity contribution < 1.29 is 18.3 Å². The summed E-state index contributed by atoms with van der Waals surface area (Å²) in [5.74, 6) is 3.69. The summed E-state index contributed by atoms with van der Waals surface area (Å²) in [5.41, 5.74) is 0. The van der Waals surface area contributed by atoms with Crippen LogP contribution in [0.25, 0.3) is 0 Å². The first-order valence-corrected chi connectivity index (χ1v) is 2.55. The first kappa shape index (κ1) is 9.34. The molecule has 0 spiro atoms. The van der Waals surface area contributed by atoms with E-state index in [0.717, 1.165) is 0 Å². The lowest BCUT2D eigenvalue weighted by Crippen LogP contribution is -2.09. The van der Waals surface area contributed by atoms with Gasteiger partial charge in [-0.1, -0.05) is 0 Å². The third-order valence-electron chi connectivity index (χ3n) is 0.738. The van der Waals surface area contributed by atoms with Gasteiger partial charge in [-0.05, 0) is 11.8 Å². The highest BCUT2D eigenvalue weighted by atomic mass is 19.3. The zero-order valence-electron chi connectivity index (χ0n) is 5.73. The first-order valence-electron chi connectivity index (χ1n) is 2.55. The van der Waals surface area contributed by atoms with Gasteiger partial charge in [0.15, 0.2) is 0 Å². The molecule has 0 aliphatic rings. The van der Waals surface area contributed by atoms with Crippen LogP contribution in [0.15, 0.2) is 0 Å². The van der Waals surface area contributed by atoms with E-state index >= 15 is 0 Å². The maximum Gasteiger partial charge on any atom is 0.299 e. The van der Waals surface area contributed by atoms with Crippen molar-refractivity contribution in [3.8, 4) is 11.8 Å². The van der Waals surface area contributed by atoms with Gasteiger partial charge in [-0.15, -0.1) is 0 Å². The van der Waals surface area contributed by atoms with E-state index in [9.17, 15) is 8.78 Å². The number of ether oxygens (including phenoxy) is 2. The molecule has 0 unspecified atom stereocenters. The van der Waals surface area contributed by atoms with Crippen molar-refractivity contribution in [2.75, 3.05) is 14.2 Å². The average Bonchev–Trinajstić information content (AvgIpc) is 1.90. The fourth-order valence-electron chi connectivity index (χ4n) is 0.345. The van der Waals surface area contributed by atoms with Crippen LogP contribution in [0.5, 0.6) is 0 Å². The topological polar surface area (TPSA) is 18.5 Å². The Bertz CT molecular complexity index is 132. The van der Waals surface area contributed by atoms with Crippen molar-refractivity contribution in [1.29, 1.82) is 0 Å². The van der Waals surface area contributed by atoms with Crippen molar-refractivity contribution in [3.05, 3.63) is 0 Å². The molecule has 4 heteroatoms. The van der Waals surface area contributed by atoms with Crippen LogP contribution < -0.4 is 0 Å². The molecule has 0 amide bonds. The summed E-state index contributed by atoms with van der Waals surface area (Å²) >= 11 is 0. The lowest BCUT2D eigenvalue weighted by Gasteiger charge is -2.03. The molecule has 0 aromatic heterocycles. The second-order valence-corrected chi connectivity index (χ2v) is 1.39. The van der Waals surface area contributed by atoms with Gasteiger partial charge in [-0.25, -0.2) is 0 Å². The molecule has 0 saturated heterocycles. The second-order valence-electron chi connectivity index (χ2n) is 1.39. The van der Waals surface area contributed by atoms with Gasteiger partial charge in [-0.2, -0.15) is 8.78 Å². The SMILES string of the molecule is COC(C#CC(F)F)OC. The summed E-state index contributed by atoms with van der Waals surface area (Å²) in [6.45, 7) is 0. The predicted molar refractivity (Wildman–Crippen MR) is 31.6 cm³/mol. The van der Waals surface area contributed by atoms with Gasteiger partial charge in [0.2, 0.25) is 6.29 Å². The summed E-state index contributed by atoms with van der Waals surface area (Å²) in [7, 11) is 2.66. The van der Waals surface area contributed by atoms with Gasteiger partial charge in [-0.3, -0.25) is 0 Å². The molecule has 10 heavy (non-hydrogen) atoms. The molecule has 0 heterocycles. The summed E-state index contributed by atoms with van der Waals surface area (Å²) in [6, 6.07) is 0. The lowest BCUT2D eigenvalue weighted by molar-refractivity contribution is -0.0598. The Morgan fingerprint density at radius 2 is 1.60 bits per heavy atom. The molecule has 0 N–H and O–H groups in total. The highest BCUT2D eigenvalue weighted by Crippen LogP contribution is 1.91. The molecule has 0 rings (SSSR count). The minimum absolute atomic E-state index is 0.853. The van der Waals surface area contributed by atoms with Crippen LogP contribution in [-0.2, 0) is 9.47 Å². The van der Waals surface area contributed by atoms with E-state index in [0.29, 0.717) is 0 Å². The van der Waals surface area contributed by atoms with Crippen LogP contribution in [-0.4, -0.2) is 26.9 Å². The Morgan fingerprint density at radius 1 is 1.10 bits per heavy atom. The largest absolute Gasteiger partial charge is 0.345 e. The molecule has 0 saturated carbocycles. The van der Waals surface area contributed by atoms with E-state index in [-0.39, 0.29) is 0 Å². The number of hydrogen-bond acceptors (Lipinski definition) is 2. The minimum atomic E-state index is -2.63. The fraction of sp³-hybridized carbons (Fsp3) is 0.667. The number of alkyl halides is 2. The highest BCUT2D eigenvalue weighted by Gasteiger charge is 1.98. The first-order chi connectivity index (χ1) is 4.70. The van der Waals surface area contributed by atoms with E-state index in [1.807, 2.05) is 0 Å². The zero-order valence-corrected chi connectivity index (χ0v) is 5.73. The summed E-state index contributed by atoms with van der Waals surface area (Å²) in [4.78, 5) is 0. The summed E-state index contributed by atoms with van der Waals surface area (Å²) in [5, 5.41) is 0. The molecule has 0 aliphatic carbocycles. The molecular formula is C6H8F2O2. The van der Waals surface area contributed by atoms with Gasteiger partial charge < -0.3 is 9.47 Å². The average molecular weight is 150 g/mol. The van der Waals surface area contributed by atoms with Crippen LogP contribution in [0.4, 0.5) is 8.78 Å². The number of hydrogen-bond donors (Lipinski definition) is 0. The van der Waals surface area contributed by atoms with Gasteiger partial charge in [0, 0.05) is 14.2 Å². The zero-order chi connectivity index (χ0) is 7.98. The Kier molecular flexibility index (Phi) is 4.81. The molecule has 0 fully saturated rings. The Labute approximate surface area is 58.1 Å². The number of halogens is 2. The molecule has 2 nitrogen and oxygen atoms in total. The third kappa shape index (κ3) is 4.24. The maximum absolute atomic E-state index is 11.4. The van der Waals surface area contributed by atoms with Crippen molar-refractivity contribution in [3.63, 3.8) is 0 Å². The lowest BCUT2D eigenvalue weighted by atomic mass is 10.5. The van der Waals surface area contributed by atoms with Crippen LogP contribution in [0, 0.1) is 11.8 Å². The smallest absolute Gasteiger partial charge is 0.299 e. The maximum atomic E-state index is 11.4. The quantitative estimate of drug-likeness (QED) is 0.429. The van der Waals surface area contributed by atoms with Gasteiger partial charge in [0.25, 0.3) is 6.43 Å². The molecule has 0 atom stereocenters. The molecule has 0 radical (unpaired) electrons. The standard InChI is InChI=1S/C6H8F2O2/c1-9-6(10-2)4-3-5(7)8/h5-6H,1-2H3. The summed E-state index contributed by atoms with van der Waals surface area (Å²) in [6.07, 6.45) is -3.48. The molecule has 58 valence electrons. The monoisotopic (exact) mass is 150 g/mol. The molecule has 0 aromatic carbocycles. The van der Waals surface area contributed by atoms with Gasteiger partial charge in [0.1, 0.15) is 0 Å². The Balaban J connectivity index is 3.74. The van der Waals surface area contributed by atoms with E-state index in [4.69, 9.17) is 0 Å². The Hall–Kier alpha value is -0.660. The van der Waals surface area contributed by atoms with E-state index < -0.39 is 12.7 Å². The normalized spacial score (nSPS) is 9.80. The molecule has 0 aliphatic heterocycles. The number of rotatable bonds is 2. The van der Waals surface area contributed by atoms with Crippen molar-refractivity contribution in [2.45, 2.75) is 12.7 Å². The molecular weight excluding hydrogens is 142 g/mol. The van der Waals surface area contributed by atoms with E-state index in [2.05, 4.69) is 15.4 Å². The Morgan fingerprint density at radius 3 is 1.90 bits per heavy atom. The molecule has 0 aromatic rings. The van der Waals surface area contributed by atoms with Crippen molar-refractivity contribution >= 4 is 0 Å². The van der Waals surface area contributed by atoms with Crippen LogP contribution in [0.3, 0.4) is 0 Å². The van der Waals surface area contributed by atoms with E-state index in [1.165, 1.54) is 14.2 Å². The predicted octanol–water partition coefficient (Wildman–Crippen LogP) is 0.874.